The van der Waals surface area contributed by atoms with E-state index in [2.05, 4.69) is 21.5 Å². The van der Waals surface area contributed by atoms with E-state index in [0.29, 0.717) is 10.8 Å². The summed E-state index contributed by atoms with van der Waals surface area (Å²) in [4.78, 5) is 19.2. The van der Waals surface area contributed by atoms with Crippen molar-refractivity contribution in [2.24, 2.45) is 0 Å². The van der Waals surface area contributed by atoms with E-state index >= 15 is 0 Å². The molecule has 4 rings (SSSR count). The van der Waals surface area contributed by atoms with Gasteiger partial charge in [0.15, 0.2) is 5.16 Å². The fourth-order valence-electron chi connectivity index (χ4n) is 3.29. The van der Waals surface area contributed by atoms with E-state index in [4.69, 9.17) is 21.3 Å². The van der Waals surface area contributed by atoms with Crippen LogP contribution in [0.5, 0.6) is 5.75 Å². The molecule has 0 saturated carbocycles. The van der Waals surface area contributed by atoms with Crippen molar-refractivity contribution < 1.29 is 4.74 Å². The molecule has 0 aliphatic heterocycles. The van der Waals surface area contributed by atoms with Crippen molar-refractivity contribution in [2.75, 3.05) is 4.90 Å². The van der Waals surface area contributed by atoms with Crippen molar-refractivity contribution >= 4 is 40.0 Å². The molecule has 1 aromatic carbocycles. The Morgan fingerprint density at radius 3 is 2.94 bits per heavy atom. The summed E-state index contributed by atoms with van der Waals surface area (Å²) < 4.78 is 6.25. The smallest absolute Gasteiger partial charge is 0.170 e. The first kappa shape index (κ1) is 21.9. The van der Waals surface area contributed by atoms with Gasteiger partial charge in [0.25, 0.3) is 0 Å². The summed E-state index contributed by atoms with van der Waals surface area (Å²) in [6.45, 7) is 8.14. The van der Waals surface area contributed by atoms with E-state index in [1.807, 2.05) is 55.3 Å². The zero-order valence-corrected chi connectivity index (χ0v) is 19.3. The number of imidazole rings is 1. The highest BCUT2D eigenvalue weighted by Crippen LogP contribution is 2.35. The number of aromatic amines is 1. The molecule has 0 unspecified atom stereocenters. The zero-order chi connectivity index (χ0) is 22.5. The van der Waals surface area contributed by atoms with E-state index in [1.54, 1.807) is 31.0 Å². The number of fused-ring (bicyclic) bond motifs is 1. The fraction of sp³-hybridized carbons (Fsp3) is 0.125. The Morgan fingerprint density at radius 1 is 1.31 bits per heavy atom. The number of pyridine rings is 2. The van der Waals surface area contributed by atoms with Crippen molar-refractivity contribution in [3.63, 3.8) is 0 Å². The van der Waals surface area contributed by atoms with Gasteiger partial charge >= 0.3 is 0 Å². The minimum Gasteiger partial charge on any atom is -0.487 e. The van der Waals surface area contributed by atoms with Crippen LogP contribution in [0.4, 0.5) is 5.69 Å². The highest BCUT2D eigenvalue weighted by atomic mass is 35.5. The number of aromatic nitrogens is 4. The van der Waals surface area contributed by atoms with E-state index in [9.17, 15) is 0 Å². The first-order valence-electron chi connectivity index (χ1n) is 9.97. The summed E-state index contributed by atoms with van der Waals surface area (Å²) in [5.41, 5.74) is 3.50. The summed E-state index contributed by atoms with van der Waals surface area (Å²) >= 11 is 7.93. The van der Waals surface area contributed by atoms with Gasteiger partial charge in [0.2, 0.25) is 0 Å². The Hall–Kier alpha value is -3.29. The van der Waals surface area contributed by atoms with Gasteiger partial charge in [0.05, 0.1) is 10.7 Å². The molecule has 0 saturated heterocycles. The molecule has 3 heterocycles. The predicted molar refractivity (Wildman–Crippen MR) is 130 cm³/mol. The lowest BCUT2D eigenvalue weighted by atomic mass is 10.1. The van der Waals surface area contributed by atoms with Crippen LogP contribution in [0.3, 0.4) is 0 Å². The monoisotopic (exact) mass is 463 g/mol. The van der Waals surface area contributed by atoms with Gasteiger partial charge < -0.3 is 14.6 Å². The number of hydrogen-bond donors (Lipinski definition) is 1. The minimum atomic E-state index is 0.272. The zero-order valence-electron chi connectivity index (χ0n) is 17.7. The average molecular weight is 464 g/mol. The fourth-order valence-corrected chi connectivity index (χ4v) is 4.41. The van der Waals surface area contributed by atoms with E-state index in [0.717, 1.165) is 37.9 Å². The third-order valence-corrected chi connectivity index (χ3v) is 6.02. The van der Waals surface area contributed by atoms with E-state index < -0.39 is 0 Å². The van der Waals surface area contributed by atoms with Crippen molar-refractivity contribution in [2.45, 2.75) is 30.5 Å². The quantitative estimate of drug-likeness (QED) is 0.320. The molecule has 162 valence electrons. The second-order valence-corrected chi connectivity index (χ2v) is 8.33. The van der Waals surface area contributed by atoms with Crippen molar-refractivity contribution in [3.8, 4) is 5.75 Å². The average Bonchev–Trinajstić information content (AvgIpc) is 3.30. The number of anilines is 1. The molecule has 6 nitrogen and oxygen atoms in total. The van der Waals surface area contributed by atoms with Gasteiger partial charge in [0.1, 0.15) is 17.9 Å². The lowest BCUT2D eigenvalue weighted by Gasteiger charge is -2.19. The van der Waals surface area contributed by atoms with Crippen LogP contribution in [0.2, 0.25) is 5.02 Å². The highest BCUT2D eigenvalue weighted by Gasteiger charge is 2.15. The Labute approximate surface area is 196 Å². The Kier molecular flexibility index (Phi) is 6.78. The van der Waals surface area contributed by atoms with Crippen LogP contribution in [0.25, 0.3) is 10.9 Å². The maximum absolute atomic E-state index is 6.47. The van der Waals surface area contributed by atoms with Crippen molar-refractivity contribution in [1.29, 1.82) is 0 Å². The first-order valence-corrected chi connectivity index (χ1v) is 11.2. The van der Waals surface area contributed by atoms with Gasteiger partial charge in [-0.2, -0.15) is 0 Å². The second kappa shape index (κ2) is 9.89. The van der Waals surface area contributed by atoms with Gasteiger partial charge in [-0.25, -0.2) is 9.97 Å². The number of nitrogens with zero attached hydrogens (tertiary/aromatic N) is 4. The van der Waals surface area contributed by atoms with E-state index in [1.165, 1.54) is 11.8 Å². The molecule has 0 bridgehead atoms. The van der Waals surface area contributed by atoms with Gasteiger partial charge in [-0.3, -0.25) is 4.98 Å². The van der Waals surface area contributed by atoms with Gasteiger partial charge in [-0.15, -0.1) is 0 Å². The summed E-state index contributed by atoms with van der Waals surface area (Å²) in [7, 11) is 0. The molecular weight excluding hydrogens is 442 g/mol. The number of hydrogen-bond acceptors (Lipinski definition) is 6. The third kappa shape index (κ3) is 4.64. The summed E-state index contributed by atoms with van der Waals surface area (Å²) in [5, 5.41) is 2.27. The van der Waals surface area contributed by atoms with Crippen molar-refractivity contribution in [3.05, 3.63) is 90.4 Å². The van der Waals surface area contributed by atoms with Crippen LogP contribution in [-0.2, 0) is 6.61 Å². The summed E-state index contributed by atoms with van der Waals surface area (Å²) in [5.74, 6) is 0.679. The first-order chi connectivity index (χ1) is 15.6. The molecule has 0 atom stereocenters. The van der Waals surface area contributed by atoms with Crippen LogP contribution in [0, 0.1) is 6.92 Å². The minimum absolute atomic E-state index is 0.272. The van der Waals surface area contributed by atoms with Crippen LogP contribution in [0.1, 0.15) is 18.2 Å². The molecule has 0 spiro atoms. The number of nitrogens with one attached hydrogen (secondary N) is 1. The Morgan fingerprint density at radius 2 is 2.19 bits per heavy atom. The highest BCUT2D eigenvalue weighted by molar-refractivity contribution is 7.99. The number of rotatable bonds is 8. The van der Waals surface area contributed by atoms with Gasteiger partial charge in [-0.05, 0) is 37.7 Å². The number of H-pyrrole nitrogens is 1. The van der Waals surface area contributed by atoms with Crippen LogP contribution in [-0.4, -0.2) is 19.9 Å². The molecule has 0 fully saturated rings. The maximum Gasteiger partial charge on any atom is 0.170 e. The SMILES string of the molecule is C=CN(/C=C\C)c1cc(C)nc2c(OCc3c(Cl)cncc3Sc3ncc[nH]3)cccc12. The molecule has 1 N–H and O–H groups in total. The standard InChI is InChI=1S/C24H22ClN5OS/c1-4-11-30(5-2)20-12-16(3)29-23-17(20)7-6-8-21(23)31-15-18-19(25)13-26-14-22(18)32-24-27-9-10-28-24/h4-14H,2,15H2,1,3H3,(H,27,28)/b11-4-. The number of para-hydroxylation sites is 1. The normalized spacial score (nSPS) is 11.2. The molecule has 0 aliphatic carbocycles. The number of aryl methyl sites for hydroxylation is 1. The van der Waals surface area contributed by atoms with Gasteiger partial charge in [0, 0.05) is 58.7 Å². The molecule has 4 aromatic rings. The van der Waals surface area contributed by atoms with Gasteiger partial charge in [-0.1, -0.05) is 36.4 Å². The topological polar surface area (TPSA) is 66.9 Å². The number of benzene rings is 1. The predicted octanol–water partition coefficient (Wildman–Crippen LogP) is 6.53. The number of allylic oxidation sites excluding steroid dienone is 1. The Bertz CT molecular complexity index is 1270. The molecule has 8 heteroatoms. The second-order valence-electron chi connectivity index (χ2n) is 6.89. The lowest BCUT2D eigenvalue weighted by molar-refractivity contribution is 0.306. The maximum atomic E-state index is 6.47. The third-order valence-electron chi connectivity index (χ3n) is 4.71. The number of ether oxygens (including phenoxy) is 1. The molecule has 32 heavy (non-hydrogen) atoms. The number of halogens is 1. The largest absolute Gasteiger partial charge is 0.487 e. The molecule has 3 aromatic heterocycles. The van der Waals surface area contributed by atoms with Crippen molar-refractivity contribution in [1.82, 2.24) is 19.9 Å². The Balaban J connectivity index is 1.69. The van der Waals surface area contributed by atoms with Crippen LogP contribution < -0.4 is 9.64 Å². The molecule has 0 radical (unpaired) electrons. The van der Waals surface area contributed by atoms with E-state index in [-0.39, 0.29) is 6.61 Å². The lowest BCUT2D eigenvalue weighted by Crippen LogP contribution is -2.08. The summed E-state index contributed by atoms with van der Waals surface area (Å²) in [6, 6.07) is 7.94. The van der Waals surface area contributed by atoms with Crippen LogP contribution in [0.15, 0.2) is 84.2 Å². The molecule has 0 aliphatic rings. The molecule has 0 amide bonds. The van der Waals surface area contributed by atoms with Crippen LogP contribution >= 0.6 is 23.4 Å². The molecular formula is C24H22ClN5OS. The summed E-state index contributed by atoms with van der Waals surface area (Å²) in [6.07, 6.45) is 12.6.